The van der Waals surface area contributed by atoms with Crippen LogP contribution in [-0.4, -0.2) is 38.4 Å². The first-order valence-electron chi connectivity index (χ1n) is 4.45. The van der Waals surface area contributed by atoms with Crippen molar-refractivity contribution in [1.82, 2.24) is 4.90 Å². The smallest absolute Gasteiger partial charge is 0.176 e. The van der Waals surface area contributed by atoms with Gasteiger partial charge in [0.1, 0.15) is 5.75 Å². The summed E-state index contributed by atoms with van der Waals surface area (Å²) in [6.45, 7) is 0.437. The third-order valence-electron chi connectivity index (χ3n) is 1.87. The van der Waals surface area contributed by atoms with E-state index in [9.17, 15) is 4.79 Å². The summed E-state index contributed by atoms with van der Waals surface area (Å²) in [6, 6.07) is 7.15. The summed E-state index contributed by atoms with van der Waals surface area (Å²) in [5.41, 5.74) is 0.722. The molecule has 0 bridgehead atoms. The highest BCUT2D eigenvalue weighted by atomic mass is 16.5. The van der Waals surface area contributed by atoms with Gasteiger partial charge in [-0.2, -0.15) is 0 Å². The number of carbonyl (C=O) groups excluding carboxylic acids is 1. The van der Waals surface area contributed by atoms with Gasteiger partial charge < -0.3 is 9.64 Å². The van der Waals surface area contributed by atoms with Crippen molar-refractivity contribution in [1.29, 1.82) is 0 Å². The molecule has 0 amide bonds. The summed E-state index contributed by atoms with van der Waals surface area (Å²) in [5.74, 6) is 0.893. The van der Waals surface area contributed by atoms with Gasteiger partial charge in [-0.1, -0.05) is 0 Å². The van der Waals surface area contributed by atoms with E-state index in [1.165, 1.54) is 0 Å². The molecule has 1 aromatic carbocycles. The van der Waals surface area contributed by atoms with Crippen LogP contribution < -0.4 is 4.74 Å². The number of methoxy groups -OCH3 is 1. The number of carbonyl (C=O) groups is 1. The Bertz CT molecular complexity index is 304. The van der Waals surface area contributed by atoms with Crippen LogP contribution in [0.3, 0.4) is 0 Å². The molecule has 0 aliphatic heterocycles. The molecule has 1 aromatic rings. The van der Waals surface area contributed by atoms with E-state index >= 15 is 0 Å². The summed E-state index contributed by atoms with van der Waals surface area (Å²) in [4.78, 5) is 13.4. The molecule has 0 aliphatic carbocycles. The Kier molecular flexibility index (Phi) is 3.65. The van der Waals surface area contributed by atoms with Crippen LogP contribution in [0.25, 0.3) is 0 Å². The standard InChI is InChI=1S/C11H15NO2/c1-12(2)8-11(13)9-4-6-10(14-3)7-5-9/h4-7H,8H2,1-3H3. The van der Waals surface area contributed by atoms with Crippen molar-refractivity contribution in [3.63, 3.8) is 0 Å². The average molecular weight is 193 g/mol. The zero-order valence-electron chi connectivity index (χ0n) is 8.78. The maximum atomic E-state index is 11.6. The quantitative estimate of drug-likeness (QED) is 0.678. The lowest BCUT2D eigenvalue weighted by atomic mass is 10.1. The van der Waals surface area contributed by atoms with Gasteiger partial charge >= 0.3 is 0 Å². The van der Waals surface area contributed by atoms with Gasteiger partial charge in [-0.05, 0) is 38.4 Å². The molecule has 0 atom stereocenters. The van der Waals surface area contributed by atoms with Crippen molar-refractivity contribution < 1.29 is 9.53 Å². The molecule has 0 N–H and O–H groups in total. The Hall–Kier alpha value is -1.35. The molecule has 0 heterocycles. The van der Waals surface area contributed by atoms with Crippen molar-refractivity contribution in [3.05, 3.63) is 29.8 Å². The lowest BCUT2D eigenvalue weighted by Gasteiger charge is -2.08. The third kappa shape index (κ3) is 2.85. The van der Waals surface area contributed by atoms with Crippen molar-refractivity contribution in [3.8, 4) is 5.75 Å². The number of ketones is 1. The van der Waals surface area contributed by atoms with Crippen LogP contribution in [0.4, 0.5) is 0 Å². The Morgan fingerprint density at radius 2 is 1.86 bits per heavy atom. The number of ether oxygens (including phenoxy) is 1. The Morgan fingerprint density at radius 3 is 2.29 bits per heavy atom. The summed E-state index contributed by atoms with van der Waals surface area (Å²) < 4.78 is 5.01. The molecule has 0 saturated heterocycles. The maximum absolute atomic E-state index is 11.6. The zero-order chi connectivity index (χ0) is 10.6. The van der Waals surface area contributed by atoms with Gasteiger partial charge in [0.2, 0.25) is 0 Å². The van der Waals surface area contributed by atoms with Crippen LogP contribution in [0.15, 0.2) is 24.3 Å². The van der Waals surface area contributed by atoms with Crippen LogP contribution in [0.5, 0.6) is 5.75 Å². The average Bonchev–Trinajstić information content (AvgIpc) is 2.17. The number of benzene rings is 1. The summed E-state index contributed by atoms with van der Waals surface area (Å²) >= 11 is 0. The number of hydrogen-bond donors (Lipinski definition) is 0. The molecule has 76 valence electrons. The minimum atomic E-state index is 0.123. The first kappa shape index (κ1) is 10.7. The van der Waals surface area contributed by atoms with E-state index in [1.54, 1.807) is 31.4 Å². The van der Waals surface area contributed by atoms with E-state index in [0.717, 1.165) is 11.3 Å². The highest BCUT2D eigenvalue weighted by Crippen LogP contribution is 2.11. The molecule has 14 heavy (non-hydrogen) atoms. The van der Waals surface area contributed by atoms with Crippen LogP contribution in [-0.2, 0) is 0 Å². The topological polar surface area (TPSA) is 29.5 Å². The predicted molar refractivity (Wildman–Crippen MR) is 55.9 cm³/mol. The van der Waals surface area contributed by atoms with Crippen LogP contribution in [0.2, 0.25) is 0 Å². The van der Waals surface area contributed by atoms with Gasteiger partial charge in [-0.3, -0.25) is 4.79 Å². The molecule has 0 fully saturated rings. The van der Waals surface area contributed by atoms with Gasteiger partial charge in [-0.25, -0.2) is 0 Å². The van der Waals surface area contributed by atoms with Gasteiger partial charge in [0.25, 0.3) is 0 Å². The van der Waals surface area contributed by atoms with Crippen molar-refractivity contribution >= 4 is 5.78 Å². The molecule has 0 spiro atoms. The fourth-order valence-corrected chi connectivity index (χ4v) is 1.16. The Labute approximate surface area is 84.3 Å². The highest BCUT2D eigenvalue weighted by Gasteiger charge is 2.06. The molecule has 1 rings (SSSR count). The normalized spacial score (nSPS) is 10.3. The Balaban J connectivity index is 2.71. The van der Waals surface area contributed by atoms with Crippen LogP contribution in [0.1, 0.15) is 10.4 Å². The maximum Gasteiger partial charge on any atom is 0.176 e. The van der Waals surface area contributed by atoms with E-state index in [4.69, 9.17) is 4.74 Å². The molecule has 0 radical (unpaired) electrons. The second kappa shape index (κ2) is 4.77. The van der Waals surface area contributed by atoms with Gasteiger partial charge in [0.05, 0.1) is 13.7 Å². The SMILES string of the molecule is COc1ccc(C(=O)CN(C)C)cc1. The van der Waals surface area contributed by atoms with Crippen LogP contribution in [0, 0.1) is 0 Å². The summed E-state index contributed by atoms with van der Waals surface area (Å²) in [7, 11) is 5.36. The van der Waals surface area contributed by atoms with Crippen molar-refractivity contribution in [2.24, 2.45) is 0 Å². The van der Waals surface area contributed by atoms with Gasteiger partial charge in [0.15, 0.2) is 5.78 Å². The molecule has 0 unspecified atom stereocenters. The lowest BCUT2D eigenvalue weighted by molar-refractivity contribution is 0.0958. The second-order valence-corrected chi connectivity index (χ2v) is 3.39. The number of nitrogens with zero attached hydrogens (tertiary/aromatic N) is 1. The first-order chi connectivity index (χ1) is 6.63. The highest BCUT2D eigenvalue weighted by molar-refractivity contribution is 5.97. The first-order valence-corrected chi connectivity index (χ1v) is 4.45. The number of likely N-dealkylation sites (N-methyl/N-ethyl adjacent to an activating group) is 1. The van der Waals surface area contributed by atoms with E-state index in [2.05, 4.69) is 0 Å². The molecule has 0 aromatic heterocycles. The number of Topliss-reactive ketones (excluding diaryl/α,β-unsaturated/α-hetero) is 1. The van der Waals surface area contributed by atoms with E-state index in [1.807, 2.05) is 19.0 Å². The monoisotopic (exact) mass is 193 g/mol. The minimum Gasteiger partial charge on any atom is -0.497 e. The Morgan fingerprint density at radius 1 is 1.29 bits per heavy atom. The van der Waals surface area contributed by atoms with Crippen molar-refractivity contribution in [2.75, 3.05) is 27.7 Å². The van der Waals surface area contributed by atoms with E-state index in [-0.39, 0.29) is 5.78 Å². The number of hydrogen-bond acceptors (Lipinski definition) is 3. The zero-order valence-corrected chi connectivity index (χ0v) is 8.78. The second-order valence-electron chi connectivity index (χ2n) is 3.39. The summed E-state index contributed by atoms with van der Waals surface area (Å²) in [6.07, 6.45) is 0. The van der Waals surface area contributed by atoms with Crippen LogP contribution >= 0.6 is 0 Å². The predicted octanol–water partition coefficient (Wildman–Crippen LogP) is 1.44. The third-order valence-corrected chi connectivity index (χ3v) is 1.87. The van der Waals surface area contributed by atoms with Gasteiger partial charge in [-0.15, -0.1) is 0 Å². The van der Waals surface area contributed by atoms with Gasteiger partial charge in [0, 0.05) is 5.56 Å². The molecular formula is C11H15NO2. The minimum absolute atomic E-state index is 0.123. The largest absolute Gasteiger partial charge is 0.497 e. The molecule has 0 aliphatic rings. The van der Waals surface area contributed by atoms with E-state index < -0.39 is 0 Å². The summed E-state index contributed by atoms with van der Waals surface area (Å²) in [5, 5.41) is 0. The molecule has 3 nitrogen and oxygen atoms in total. The lowest BCUT2D eigenvalue weighted by Crippen LogP contribution is -2.21. The fraction of sp³-hybridized carbons (Fsp3) is 0.364. The fourth-order valence-electron chi connectivity index (χ4n) is 1.16. The number of rotatable bonds is 4. The molecular weight excluding hydrogens is 178 g/mol. The molecule has 3 heteroatoms. The van der Waals surface area contributed by atoms with Crippen molar-refractivity contribution in [2.45, 2.75) is 0 Å². The van der Waals surface area contributed by atoms with E-state index in [0.29, 0.717) is 6.54 Å². The molecule has 0 saturated carbocycles.